The van der Waals surface area contributed by atoms with E-state index in [4.69, 9.17) is 14.2 Å². The summed E-state index contributed by atoms with van der Waals surface area (Å²) in [5.74, 6) is -0.469. The molecule has 0 aromatic heterocycles. The second-order valence-electron chi connectivity index (χ2n) is 5.18. The first-order valence-electron chi connectivity index (χ1n) is 6.83. The highest BCUT2D eigenvalue weighted by atomic mass is 32.2. The van der Waals surface area contributed by atoms with E-state index in [0.717, 1.165) is 25.7 Å². The maximum atomic E-state index is 11.6. The molecule has 0 aromatic rings. The standard InChI is InChI=1S/C12H23NO5S/c1-16-7-8-19(14,15)13-9-11-10-17-12(18-11)5-3-2-4-6-12/h11,13H,2-10H2,1H3/t11-/m1/s1. The van der Waals surface area contributed by atoms with Crippen LogP contribution in [0.15, 0.2) is 0 Å². The van der Waals surface area contributed by atoms with Gasteiger partial charge in [0.2, 0.25) is 10.0 Å². The highest BCUT2D eigenvalue weighted by Crippen LogP contribution is 2.37. The summed E-state index contributed by atoms with van der Waals surface area (Å²) in [6.07, 6.45) is 5.11. The molecule has 112 valence electrons. The lowest BCUT2D eigenvalue weighted by atomic mass is 9.94. The summed E-state index contributed by atoms with van der Waals surface area (Å²) in [7, 11) is -1.80. The van der Waals surface area contributed by atoms with E-state index in [1.165, 1.54) is 13.5 Å². The summed E-state index contributed by atoms with van der Waals surface area (Å²) < 4.78 is 42.2. The molecule has 6 nitrogen and oxygen atoms in total. The van der Waals surface area contributed by atoms with Crippen LogP contribution in [0.3, 0.4) is 0 Å². The van der Waals surface area contributed by atoms with Crippen LogP contribution in [-0.4, -0.2) is 52.9 Å². The lowest BCUT2D eigenvalue weighted by Crippen LogP contribution is -2.38. The Hall–Kier alpha value is -0.210. The lowest BCUT2D eigenvalue weighted by Gasteiger charge is -2.31. The lowest BCUT2D eigenvalue weighted by molar-refractivity contribution is -0.186. The smallest absolute Gasteiger partial charge is 0.213 e. The van der Waals surface area contributed by atoms with Crippen molar-refractivity contribution in [3.63, 3.8) is 0 Å². The van der Waals surface area contributed by atoms with E-state index in [2.05, 4.69) is 4.72 Å². The van der Waals surface area contributed by atoms with Gasteiger partial charge in [-0.3, -0.25) is 0 Å². The van der Waals surface area contributed by atoms with E-state index in [1.807, 2.05) is 0 Å². The van der Waals surface area contributed by atoms with Gasteiger partial charge in [0, 0.05) is 26.5 Å². The summed E-state index contributed by atoms with van der Waals surface area (Å²) in [4.78, 5) is 0. The molecule has 1 heterocycles. The van der Waals surface area contributed by atoms with Crippen LogP contribution in [-0.2, 0) is 24.2 Å². The van der Waals surface area contributed by atoms with E-state index in [9.17, 15) is 8.42 Å². The third kappa shape index (κ3) is 4.39. The molecule has 2 rings (SSSR count). The Kier molecular flexibility index (Phi) is 5.19. The monoisotopic (exact) mass is 293 g/mol. The number of rotatable bonds is 6. The topological polar surface area (TPSA) is 73.9 Å². The number of hydrogen-bond acceptors (Lipinski definition) is 5. The summed E-state index contributed by atoms with van der Waals surface area (Å²) in [6, 6.07) is 0. The van der Waals surface area contributed by atoms with E-state index < -0.39 is 15.8 Å². The van der Waals surface area contributed by atoms with Crippen LogP contribution in [0.2, 0.25) is 0 Å². The van der Waals surface area contributed by atoms with Gasteiger partial charge in [-0.25, -0.2) is 13.1 Å². The molecule has 2 aliphatic rings. The third-order valence-corrected chi connectivity index (χ3v) is 4.93. The highest BCUT2D eigenvalue weighted by molar-refractivity contribution is 7.89. The molecule has 1 saturated carbocycles. The van der Waals surface area contributed by atoms with E-state index in [-0.39, 0.29) is 25.0 Å². The SMILES string of the molecule is COCCS(=O)(=O)NC[C@@H]1COC2(CCCCC2)O1. The minimum atomic E-state index is -3.28. The van der Waals surface area contributed by atoms with Crippen LogP contribution in [0.25, 0.3) is 0 Å². The first-order valence-corrected chi connectivity index (χ1v) is 8.49. The molecule has 1 aliphatic carbocycles. The number of ether oxygens (including phenoxy) is 3. The van der Waals surface area contributed by atoms with Crippen LogP contribution in [0.1, 0.15) is 32.1 Å². The first-order chi connectivity index (χ1) is 9.05. The molecule has 1 spiro atoms. The zero-order valence-corrected chi connectivity index (χ0v) is 12.2. The second-order valence-corrected chi connectivity index (χ2v) is 7.11. The molecule has 1 atom stereocenters. The van der Waals surface area contributed by atoms with Crippen LogP contribution >= 0.6 is 0 Å². The van der Waals surface area contributed by atoms with Gasteiger partial charge in [0.25, 0.3) is 0 Å². The second kappa shape index (κ2) is 6.49. The molecular formula is C12H23NO5S. The maximum Gasteiger partial charge on any atom is 0.213 e. The molecule has 0 radical (unpaired) electrons. The Labute approximate surface area is 114 Å². The molecule has 1 N–H and O–H groups in total. The summed E-state index contributed by atoms with van der Waals surface area (Å²) in [5, 5.41) is 0. The fraction of sp³-hybridized carbons (Fsp3) is 1.00. The minimum Gasteiger partial charge on any atom is -0.384 e. The van der Waals surface area contributed by atoms with Gasteiger partial charge in [0.05, 0.1) is 25.1 Å². The van der Waals surface area contributed by atoms with Crippen LogP contribution in [0.4, 0.5) is 0 Å². The van der Waals surface area contributed by atoms with Crippen molar-refractivity contribution in [1.82, 2.24) is 4.72 Å². The first kappa shape index (κ1) is 15.2. The van der Waals surface area contributed by atoms with Crippen molar-refractivity contribution in [1.29, 1.82) is 0 Å². The summed E-state index contributed by atoms with van der Waals surface area (Å²) >= 11 is 0. The molecule has 2 fully saturated rings. The highest BCUT2D eigenvalue weighted by Gasteiger charge is 2.42. The van der Waals surface area contributed by atoms with Crippen LogP contribution in [0, 0.1) is 0 Å². The van der Waals surface area contributed by atoms with Crippen LogP contribution in [0.5, 0.6) is 0 Å². The molecule has 0 unspecified atom stereocenters. The average molecular weight is 293 g/mol. The van der Waals surface area contributed by atoms with Crippen molar-refractivity contribution in [2.75, 3.05) is 32.6 Å². The average Bonchev–Trinajstić information content (AvgIpc) is 2.78. The van der Waals surface area contributed by atoms with Gasteiger partial charge in [-0.2, -0.15) is 0 Å². The molecule has 1 aliphatic heterocycles. The maximum absolute atomic E-state index is 11.6. The number of sulfonamides is 1. The van der Waals surface area contributed by atoms with Gasteiger partial charge < -0.3 is 14.2 Å². The molecule has 0 aromatic carbocycles. The van der Waals surface area contributed by atoms with Gasteiger partial charge in [-0.1, -0.05) is 6.42 Å². The van der Waals surface area contributed by atoms with Crippen molar-refractivity contribution in [2.45, 2.75) is 44.0 Å². The normalized spacial score (nSPS) is 26.9. The number of hydrogen-bond donors (Lipinski definition) is 1. The molecular weight excluding hydrogens is 270 g/mol. The number of methoxy groups -OCH3 is 1. The van der Waals surface area contributed by atoms with E-state index >= 15 is 0 Å². The minimum absolute atomic E-state index is 0.0256. The van der Waals surface area contributed by atoms with Gasteiger partial charge in [0.1, 0.15) is 0 Å². The van der Waals surface area contributed by atoms with Crippen molar-refractivity contribution in [3.05, 3.63) is 0 Å². The predicted molar refractivity (Wildman–Crippen MR) is 70.3 cm³/mol. The zero-order valence-electron chi connectivity index (χ0n) is 11.4. The summed E-state index contributed by atoms with van der Waals surface area (Å²) in [5.41, 5.74) is 0. The largest absolute Gasteiger partial charge is 0.384 e. The Bertz CT molecular complexity index is 378. The Morgan fingerprint density at radius 3 is 2.74 bits per heavy atom. The van der Waals surface area contributed by atoms with Crippen molar-refractivity contribution in [3.8, 4) is 0 Å². The van der Waals surface area contributed by atoms with Crippen molar-refractivity contribution >= 4 is 10.0 Å². The van der Waals surface area contributed by atoms with Gasteiger partial charge in [-0.15, -0.1) is 0 Å². The van der Waals surface area contributed by atoms with Crippen molar-refractivity contribution in [2.24, 2.45) is 0 Å². The number of nitrogens with one attached hydrogen (secondary N) is 1. The van der Waals surface area contributed by atoms with E-state index in [1.54, 1.807) is 0 Å². The van der Waals surface area contributed by atoms with Crippen LogP contribution < -0.4 is 4.72 Å². The quantitative estimate of drug-likeness (QED) is 0.777. The van der Waals surface area contributed by atoms with Gasteiger partial charge in [-0.05, 0) is 12.8 Å². The molecule has 0 amide bonds. The van der Waals surface area contributed by atoms with E-state index in [0.29, 0.717) is 6.61 Å². The predicted octanol–water partition coefficient (Wildman–Crippen LogP) is 0.628. The molecule has 7 heteroatoms. The molecule has 0 bridgehead atoms. The Balaban J connectivity index is 1.76. The molecule has 1 saturated heterocycles. The fourth-order valence-electron chi connectivity index (χ4n) is 2.55. The Morgan fingerprint density at radius 1 is 1.32 bits per heavy atom. The van der Waals surface area contributed by atoms with Gasteiger partial charge >= 0.3 is 0 Å². The van der Waals surface area contributed by atoms with Gasteiger partial charge in [0.15, 0.2) is 5.79 Å². The fourth-order valence-corrected chi connectivity index (χ4v) is 3.53. The zero-order chi connectivity index (χ0) is 13.8. The Morgan fingerprint density at radius 2 is 2.05 bits per heavy atom. The summed E-state index contributed by atoms with van der Waals surface area (Å²) in [6.45, 7) is 0.932. The third-order valence-electron chi connectivity index (χ3n) is 3.62. The van der Waals surface area contributed by atoms with Crippen molar-refractivity contribution < 1.29 is 22.6 Å². The molecule has 19 heavy (non-hydrogen) atoms.